The van der Waals surface area contributed by atoms with Crippen molar-refractivity contribution in [1.29, 1.82) is 0 Å². The normalized spacial score (nSPS) is 20.2. The van der Waals surface area contributed by atoms with Crippen molar-refractivity contribution in [3.63, 3.8) is 0 Å². The van der Waals surface area contributed by atoms with Crippen LogP contribution in [0.25, 0.3) is 0 Å². The molecule has 0 radical (unpaired) electrons. The fourth-order valence-corrected chi connectivity index (χ4v) is 3.08. The minimum atomic E-state index is -0.0915. The first-order valence-corrected chi connectivity index (χ1v) is 7.39. The molecule has 1 atom stereocenters. The van der Waals surface area contributed by atoms with Crippen molar-refractivity contribution >= 4 is 5.91 Å². The number of hydrogen-bond donors (Lipinski definition) is 1. The average Bonchev–Trinajstić information content (AvgIpc) is 3.25. The lowest BCUT2D eigenvalue weighted by atomic mass is 10.0. The Morgan fingerprint density at radius 1 is 1.27 bits per heavy atom. The van der Waals surface area contributed by atoms with Crippen molar-refractivity contribution in [1.82, 2.24) is 20.3 Å². The molecule has 3 heterocycles. The maximum absolute atomic E-state index is 12.5. The van der Waals surface area contributed by atoms with E-state index in [0.717, 1.165) is 36.4 Å². The summed E-state index contributed by atoms with van der Waals surface area (Å²) < 4.78 is 11.2. The molecule has 4 rings (SSSR count). The minimum absolute atomic E-state index is 0.0417. The monoisotopic (exact) mass is 300 g/mol. The molecule has 2 aromatic rings. The molecule has 7 nitrogen and oxygen atoms in total. The van der Waals surface area contributed by atoms with Crippen LogP contribution in [0.3, 0.4) is 0 Å². The van der Waals surface area contributed by atoms with Crippen LogP contribution < -0.4 is 9.47 Å². The maximum atomic E-state index is 12.5. The first-order chi connectivity index (χ1) is 10.8. The van der Waals surface area contributed by atoms with E-state index in [2.05, 4.69) is 15.4 Å². The van der Waals surface area contributed by atoms with Gasteiger partial charge in [-0.25, -0.2) is 0 Å². The number of rotatable bonds is 2. The molecule has 1 N–H and O–H groups in total. The van der Waals surface area contributed by atoms with Crippen LogP contribution in [-0.2, 0) is 0 Å². The second kappa shape index (κ2) is 5.32. The number of aromatic amines is 1. The van der Waals surface area contributed by atoms with Crippen LogP contribution in [0.1, 0.15) is 34.9 Å². The van der Waals surface area contributed by atoms with Crippen molar-refractivity contribution in [3.05, 3.63) is 35.7 Å². The number of benzene rings is 1. The Morgan fingerprint density at radius 2 is 2.14 bits per heavy atom. The van der Waals surface area contributed by atoms with E-state index in [1.54, 1.807) is 0 Å². The smallest absolute Gasteiger partial charge is 0.276 e. The zero-order valence-electron chi connectivity index (χ0n) is 12.0. The lowest BCUT2D eigenvalue weighted by Gasteiger charge is -2.26. The van der Waals surface area contributed by atoms with Crippen LogP contribution in [0, 0.1) is 0 Å². The average molecular weight is 300 g/mol. The minimum Gasteiger partial charge on any atom is -0.486 e. The van der Waals surface area contributed by atoms with Crippen LogP contribution in [0.2, 0.25) is 0 Å². The molecule has 1 amide bonds. The number of hydrogen-bond acceptors (Lipinski definition) is 5. The number of aromatic nitrogens is 3. The first kappa shape index (κ1) is 13.1. The third kappa shape index (κ3) is 2.18. The van der Waals surface area contributed by atoms with Gasteiger partial charge in [-0.05, 0) is 30.5 Å². The molecule has 22 heavy (non-hydrogen) atoms. The number of ether oxygens (including phenoxy) is 2. The van der Waals surface area contributed by atoms with Gasteiger partial charge in [-0.1, -0.05) is 6.07 Å². The molecule has 114 valence electrons. The highest BCUT2D eigenvalue weighted by Crippen LogP contribution is 2.38. The van der Waals surface area contributed by atoms with Gasteiger partial charge in [0, 0.05) is 6.54 Å². The van der Waals surface area contributed by atoms with Gasteiger partial charge in [0.25, 0.3) is 5.91 Å². The van der Waals surface area contributed by atoms with E-state index in [-0.39, 0.29) is 11.9 Å². The predicted molar refractivity (Wildman–Crippen MR) is 76.8 cm³/mol. The van der Waals surface area contributed by atoms with Crippen LogP contribution in [0.15, 0.2) is 24.4 Å². The summed E-state index contributed by atoms with van der Waals surface area (Å²) in [5.41, 5.74) is 1.42. The molecule has 0 saturated carbocycles. The van der Waals surface area contributed by atoms with E-state index in [1.807, 2.05) is 23.1 Å². The third-order valence-corrected chi connectivity index (χ3v) is 4.10. The van der Waals surface area contributed by atoms with Crippen LogP contribution in [-0.4, -0.2) is 46.0 Å². The molecule has 7 heteroatoms. The number of nitrogens with zero attached hydrogens (tertiary/aromatic N) is 3. The summed E-state index contributed by atoms with van der Waals surface area (Å²) in [5.74, 6) is 1.43. The van der Waals surface area contributed by atoms with E-state index >= 15 is 0 Å². The van der Waals surface area contributed by atoms with Crippen molar-refractivity contribution in [2.45, 2.75) is 18.9 Å². The number of amides is 1. The zero-order chi connectivity index (χ0) is 14.9. The number of likely N-dealkylation sites (tertiary alicyclic amines) is 1. The Balaban J connectivity index is 1.62. The molecule has 0 bridgehead atoms. The van der Waals surface area contributed by atoms with Gasteiger partial charge < -0.3 is 14.4 Å². The molecule has 2 aliphatic heterocycles. The van der Waals surface area contributed by atoms with E-state index in [4.69, 9.17) is 9.47 Å². The van der Waals surface area contributed by atoms with Crippen molar-refractivity contribution < 1.29 is 14.3 Å². The molecular formula is C15H16N4O3. The lowest BCUT2D eigenvalue weighted by molar-refractivity contribution is 0.0729. The van der Waals surface area contributed by atoms with Crippen molar-refractivity contribution in [3.8, 4) is 11.5 Å². The standard InChI is InChI=1S/C15H16N4O3/c20-15(11-9-16-18-17-11)19-5-1-2-12(19)10-3-4-13-14(8-10)22-7-6-21-13/h3-4,8-9,12H,1-2,5-7H2,(H,16,17,18)/t12-/m1/s1. The molecule has 0 spiro atoms. The number of H-pyrrole nitrogens is 1. The summed E-state index contributed by atoms with van der Waals surface area (Å²) in [5, 5.41) is 10.1. The lowest BCUT2D eigenvalue weighted by Crippen LogP contribution is -2.31. The van der Waals surface area contributed by atoms with Crippen molar-refractivity contribution in [2.75, 3.05) is 19.8 Å². The fraction of sp³-hybridized carbons (Fsp3) is 0.400. The summed E-state index contributed by atoms with van der Waals surface area (Å²) >= 11 is 0. The number of carbonyl (C=O) groups is 1. The molecule has 0 aliphatic carbocycles. The van der Waals surface area contributed by atoms with E-state index < -0.39 is 0 Å². The summed E-state index contributed by atoms with van der Waals surface area (Å²) in [4.78, 5) is 14.4. The van der Waals surface area contributed by atoms with Gasteiger partial charge in [-0.2, -0.15) is 15.4 Å². The summed E-state index contributed by atoms with van der Waals surface area (Å²) in [6.07, 6.45) is 3.37. The molecule has 2 aliphatic rings. The Kier molecular flexibility index (Phi) is 3.17. The number of carbonyl (C=O) groups excluding carboxylic acids is 1. The van der Waals surface area contributed by atoms with Crippen LogP contribution in [0.4, 0.5) is 0 Å². The van der Waals surface area contributed by atoms with Crippen LogP contribution >= 0.6 is 0 Å². The largest absolute Gasteiger partial charge is 0.486 e. The van der Waals surface area contributed by atoms with Crippen LogP contribution in [0.5, 0.6) is 11.5 Å². The molecule has 1 aromatic carbocycles. The molecule has 0 unspecified atom stereocenters. The first-order valence-electron chi connectivity index (χ1n) is 7.39. The molecule has 1 fully saturated rings. The second-order valence-electron chi connectivity index (χ2n) is 5.41. The van der Waals surface area contributed by atoms with E-state index in [1.165, 1.54) is 6.20 Å². The summed E-state index contributed by atoms with van der Waals surface area (Å²) in [6.45, 7) is 1.86. The van der Waals surface area contributed by atoms with Gasteiger partial charge in [0.2, 0.25) is 0 Å². The van der Waals surface area contributed by atoms with Gasteiger partial charge in [0.05, 0.1) is 12.2 Å². The van der Waals surface area contributed by atoms with Gasteiger partial charge in [-0.3, -0.25) is 4.79 Å². The van der Waals surface area contributed by atoms with E-state index in [9.17, 15) is 4.79 Å². The number of fused-ring (bicyclic) bond motifs is 1. The third-order valence-electron chi connectivity index (χ3n) is 4.10. The SMILES string of the molecule is O=C(c1cn[nH]n1)N1CCC[C@@H]1c1ccc2c(c1)OCCO2. The van der Waals surface area contributed by atoms with Gasteiger partial charge in [0.15, 0.2) is 17.2 Å². The topological polar surface area (TPSA) is 80.3 Å². The highest BCUT2D eigenvalue weighted by Gasteiger charge is 2.32. The van der Waals surface area contributed by atoms with Gasteiger partial charge in [0.1, 0.15) is 13.2 Å². The highest BCUT2D eigenvalue weighted by molar-refractivity contribution is 5.92. The quantitative estimate of drug-likeness (QED) is 0.910. The molecule has 1 saturated heterocycles. The fourth-order valence-electron chi connectivity index (χ4n) is 3.08. The van der Waals surface area contributed by atoms with Crippen molar-refractivity contribution in [2.24, 2.45) is 0 Å². The van der Waals surface area contributed by atoms with Gasteiger partial charge in [-0.15, -0.1) is 0 Å². The van der Waals surface area contributed by atoms with Gasteiger partial charge >= 0.3 is 0 Å². The Morgan fingerprint density at radius 3 is 2.95 bits per heavy atom. The maximum Gasteiger partial charge on any atom is 0.276 e. The Hall–Kier alpha value is -2.57. The highest BCUT2D eigenvalue weighted by atomic mass is 16.6. The predicted octanol–water partition coefficient (Wildman–Crippen LogP) is 1.55. The van der Waals surface area contributed by atoms with E-state index in [0.29, 0.717) is 18.9 Å². The molecule has 1 aromatic heterocycles. The second-order valence-corrected chi connectivity index (χ2v) is 5.41. The summed E-state index contributed by atoms with van der Waals surface area (Å²) in [7, 11) is 0. The zero-order valence-corrected chi connectivity index (χ0v) is 12.0. The molecular weight excluding hydrogens is 284 g/mol. The number of nitrogens with one attached hydrogen (secondary N) is 1. The Bertz CT molecular complexity index is 686. The Labute approximate surface area is 127 Å². The summed E-state index contributed by atoms with van der Waals surface area (Å²) in [6, 6.07) is 5.95.